The van der Waals surface area contributed by atoms with E-state index in [1.165, 1.54) is 0 Å². The molecule has 0 aliphatic rings. The highest BCUT2D eigenvalue weighted by Gasteiger charge is 2.13. The first-order valence-corrected chi connectivity index (χ1v) is 8.85. The van der Waals surface area contributed by atoms with Crippen LogP contribution in [-0.2, 0) is 6.42 Å². The largest absolute Gasteiger partial charge is 0.361 e. The lowest BCUT2D eigenvalue weighted by molar-refractivity contribution is 0.0945. The van der Waals surface area contributed by atoms with Crippen molar-refractivity contribution in [3.05, 3.63) is 35.6 Å². The number of hydrogen-bond acceptors (Lipinski definition) is 6. The Morgan fingerprint density at radius 1 is 1.24 bits per heavy atom. The average Bonchev–Trinajstić information content (AvgIpc) is 3.10. The number of aromatic nitrogens is 3. The second kappa shape index (κ2) is 9.15. The van der Waals surface area contributed by atoms with E-state index in [-0.39, 0.29) is 5.91 Å². The van der Waals surface area contributed by atoms with Crippen molar-refractivity contribution in [1.29, 1.82) is 0 Å². The molecule has 1 amide bonds. The molecule has 0 aliphatic heterocycles. The number of hydrogen-bond donors (Lipinski definition) is 1. The molecule has 7 heteroatoms. The van der Waals surface area contributed by atoms with Crippen LogP contribution in [0.4, 0.5) is 5.82 Å². The van der Waals surface area contributed by atoms with E-state index >= 15 is 0 Å². The number of nitrogens with one attached hydrogen (secondary N) is 1. The maximum atomic E-state index is 12.1. The van der Waals surface area contributed by atoms with Crippen molar-refractivity contribution in [2.24, 2.45) is 0 Å². The summed E-state index contributed by atoms with van der Waals surface area (Å²) in [6, 6.07) is 3.70. The molecule has 0 aliphatic carbocycles. The van der Waals surface area contributed by atoms with E-state index in [2.05, 4.69) is 46.1 Å². The highest BCUT2D eigenvalue weighted by molar-refractivity contribution is 5.92. The smallest absolute Gasteiger partial charge is 0.273 e. The minimum Gasteiger partial charge on any atom is -0.361 e. The monoisotopic (exact) mass is 345 g/mol. The summed E-state index contributed by atoms with van der Waals surface area (Å²) in [6.07, 6.45) is 3.32. The lowest BCUT2D eigenvalue weighted by atomic mass is 10.1. The zero-order chi connectivity index (χ0) is 18.2. The van der Waals surface area contributed by atoms with Gasteiger partial charge >= 0.3 is 0 Å². The molecule has 2 rings (SSSR count). The number of rotatable bonds is 9. The average molecular weight is 345 g/mol. The molecule has 0 unspecified atom stereocenters. The van der Waals surface area contributed by atoms with E-state index in [1.54, 1.807) is 12.4 Å². The SMILES string of the molecule is CCCN(CCNC(=O)c1cc(CC)on1)c1cc(C(C)C)ncn1. The first kappa shape index (κ1) is 18.9. The summed E-state index contributed by atoms with van der Waals surface area (Å²) >= 11 is 0. The Morgan fingerprint density at radius 3 is 2.68 bits per heavy atom. The van der Waals surface area contributed by atoms with Crippen LogP contribution in [0.5, 0.6) is 0 Å². The summed E-state index contributed by atoms with van der Waals surface area (Å²) in [5.74, 6) is 1.74. The van der Waals surface area contributed by atoms with E-state index in [9.17, 15) is 4.79 Å². The second-order valence-corrected chi connectivity index (χ2v) is 6.23. The minimum absolute atomic E-state index is 0.217. The number of anilines is 1. The van der Waals surface area contributed by atoms with Crippen LogP contribution in [0.1, 0.15) is 62.0 Å². The van der Waals surface area contributed by atoms with E-state index in [0.717, 1.165) is 30.9 Å². The Bertz CT molecular complexity index is 684. The van der Waals surface area contributed by atoms with Gasteiger partial charge in [0.15, 0.2) is 5.69 Å². The number of carbonyl (C=O) groups is 1. The molecule has 0 spiro atoms. The fourth-order valence-corrected chi connectivity index (χ4v) is 2.44. The van der Waals surface area contributed by atoms with Crippen LogP contribution < -0.4 is 10.2 Å². The van der Waals surface area contributed by atoms with Crippen LogP contribution in [0.15, 0.2) is 23.0 Å². The normalized spacial score (nSPS) is 10.9. The fraction of sp³-hybridized carbons (Fsp3) is 0.556. The summed E-state index contributed by atoms with van der Waals surface area (Å²) in [4.78, 5) is 23.0. The van der Waals surface area contributed by atoms with Crippen LogP contribution in [0.3, 0.4) is 0 Å². The molecule has 25 heavy (non-hydrogen) atoms. The van der Waals surface area contributed by atoms with Crippen LogP contribution in [0.25, 0.3) is 0 Å². The predicted molar refractivity (Wildman–Crippen MR) is 96.8 cm³/mol. The molecular weight excluding hydrogens is 318 g/mol. The van der Waals surface area contributed by atoms with Crippen molar-refractivity contribution < 1.29 is 9.32 Å². The molecule has 0 atom stereocenters. The third kappa shape index (κ3) is 5.27. The topological polar surface area (TPSA) is 84.2 Å². The van der Waals surface area contributed by atoms with Crippen molar-refractivity contribution in [3.63, 3.8) is 0 Å². The molecule has 0 fully saturated rings. The first-order chi connectivity index (χ1) is 12.0. The molecule has 2 aromatic heterocycles. The molecular formula is C18H27N5O2. The molecule has 0 radical (unpaired) electrons. The van der Waals surface area contributed by atoms with Gasteiger partial charge in [0, 0.05) is 43.9 Å². The maximum Gasteiger partial charge on any atom is 0.273 e. The molecule has 0 bridgehead atoms. The van der Waals surface area contributed by atoms with Crippen molar-refractivity contribution in [3.8, 4) is 0 Å². The third-order valence-corrected chi connectivity index (χ3v) is 3.89. The van der Waals surface area contributed by atoms with Crippen molar-refractivity contribution in [2.45, 2.75) is 46.5 Å². The lowest BCUT2D eigenvalue weighted by Crippen LogP contribution is -2.36. The maximum absolute atomic E-state index is 12.1. The van der Waals surface area contributed by atoms with Crippen LogP contribution in [-0.4, -0.2) is 40.7 Å². The van der Waals surface area contributed by atoms with Gasteiger partial charge in [-0.05, 0) is 12.3 Å². The summed E-state index contributed by atoms with van der Waals surface area (Å²) in [7, 11) is 0. The molecule has 136 valence electrons. The Hall–Kier alpha value is -2.44. The second-order valence-electron chi connectivity index (χ2n) is 6.23. The molecule has 2 heterocycles. The summed E-state index contributed by atoms with van der Waals surface area (Å²) in [6.45, 7) is 10.4. The van der Waals surface area contributed by atoms with Crippen LogP contribution in [0, 0.1) is 0 Å². The standard InChI is InChI=1S/C18H27N5O2/c1-5-8-23(17-11-15(13(3)4)20-12-21-17)9-7-19-18(24)16-10-14(6-2)25-22-16/h10-13H,5-9H2,1-4H3,(H,19,24). The first-order valence-electron chi connectivity index (χ1n) is 8.85. The zero-order valence-electron chi connectivity index (χ0n) is 15.5. The Balaban J connectivity index is 1.95. The molecule has 0 aromatic carbocycles. The van der Waals surface area contributed by atoms with Gasteiger partial charge in [-0.1, -0.05) is 32.9 Å². The van der Waals surface area contributed by atoms with Crippen LogP contribution >= 0.6 is 0 Å². The van der Waals surface area contributed by atoms with Gasteiger partial charge in [-0.2, -0.15) is 0 Å². The van der Waals surface area contributed by atoms with Gasteiger partial charge in [-0.15, -0.1) is 0 Å². The van der Waals surface area contributed by atoms with Gasteiger partial charge in [0.1, 0.15) is 17.9 Å². The van der Waals surface area contributed by atoms with Crippen molar-refractivity contribution in [1.82, 2.24) is 20.4 Å². The Morgan fingerprint density at radius 2 is 2.04 bits per heavy atom. The van der Waals surface area contributed by atoms with Gasteiger partial charge < -0.3 is 14.7 Å². The summed E-state index contributed by atoms with van der Waals surface area (Å²) in [5.41, 5.74) is 1.34. The highest BCUT2D eigenvalue weighted by Crippen LogP contribution is 2.17. The van der Waals surface area contributed by atoms with Gasteiger partial charge in [-0.3, -0.25) is 4.79 Å². The van der Waals surface area contributed by atoms with E-state index in [1.807, 2.05) is 13.0 Å². The van der Waals surface area contributed by atoms with Gasteiger partial charge in [-0.25, -0.2) is 9.97 Å². The number of nitrogens with zero attached hydrogens (tertiary/aromatic N) is 4. The number of carbonyl (C=O) groups excluding carboxylic acids is 1. The lowest BCUT2D eigenvalue weighted by Gasteiger charge is -2.23. The fourth-order valence-electron chi connectivity index (χ4n) is 2.44. The summed E-state index contributed by atoms with van der Waals surface area (Å²) in [5, 5.41) is 6.67. The van der Waals surface area contributed by atoms with E-state index in [0.29, 0.717) is 30.5 Å². The summed E-state index contributed by atoms with van der Waals surface area (Å²) < 4.78 is 5.07. The zero-order valence-corrected chi connectivity index (χ0v) is 15.5. The molecule has 2 aromatic rings. The van der Waals surface area contributed by atoms with E-state index < -0.39 is 0 Å². The van der Waals surface area contributed by atoms with E-state index in [4.69, 9.17) is 4.52 Å². The quantitative estimate of drug-likeness (QED) is 0.752. The Kier molecular flexibility index (Phi) is 6.91. The van der Waals surface area contributed by atoms with Gasteiger partial charge in [0.05, 0.1) is 0 Å². The predicted octanol–water partition coefficient (Wildman–Crippen LogP) is 2.80. The minimum atomic E-state index is -0.217. The van der Waals surface area contributed by atoms with Crippen molar-refractivity contribution in [2.75, 3.05) is 24.5 Å². The molecule has 0 saturated heterocycles. The van der Waals surface area contributed by atoms with Crippen LogP contribution in [0.2, 0.25) is 0 Å². The molecule has 0 saturated carbocycles. The van der Waals surface area contributed by atoms with Gasteiger partial charge in [0.25, 0.3) is 5.91 Å². The van der Waals surface area contributed by atoms with Gasteiger partial charge in [0.2, 0.25) is 0 Å². The number of aryl methyl sites for hydroxylation is 1. The third-order valence-electron chi connectivity index (χ3n) is 3.89. The van der Waals surface area contributed by atoms with Crippen molar-refractivity contribution >= 4 is 11.7 Å². The highest BCUT2D eigenvalue weighted by atomic mass is 16.5. The molecule has 1 N–H and O–H groups in total. The number of amides is 1. The molecule has 7 nitrogen and oxygen atoms in total. The Labute approximate surface area is 148 Å².